The summed E-state index contributed by atoms with van der Waals surface area (Å²) >= 11 is 5.79. The molecule has 9 heteroatoms. The molecule has 1 amide bonds. The van der Waals surface area contributed by atoms with E-state index in [-0.39, 0.29) is 10.6 Å². The minimum atomic E-state index is -3.87. The number of sulfonamides is 1. The molecule has 1 aliphatic rings. The summed E-state index contributed by atoms with van der Waals surface area (Å²) in [5.74, 6) is -1.17. The molecule has 0 saturated carbocycles. The maximum Gasteiger partial charge on any atom is 0.243 e. The summed E-state index contributed by atoms with van der Waals surface area (Å²) in [5, 5.41) is 2.95. The smallest absolute Gasteiger partial charge is 0.243 e. The number of benzene rings is 2. The highest BCUT2D eigenvalue weighted by atomic mass is 35.5. The Balaban J connectivity index is 1.74. The molecule has 0 aromatic heterocycles. The predicted molar refractivity (Wildman–Crippen MR) is 108 cm³/mol. The lowest BCUT2D eigenvalue weighted by Gasteiger charge is -2.23. The number of hydrogen-bond acceptors (Lipinski definition) is 4. The normalized spacial score (nSPS) is 14.5. The van der Waals surface area contributed by atoms with Crippen LogP contribution in [0, 0.1) is 5.82 Å². The fourth-order valence-electron chi connectivity index (χ4n) is 3.11. The fourth-order valence-corrected chi connectivity index (χ4v) is 4.36. The first-order chi connectivity index (χ1) is 13.3. The number of likely N-dealkylation sites (N-methyl/N-ethyl adjacent to an activating group) is 1. The number of anilines is 2. The Morgan fingerprint density at radius 2 is 1.82 bits per heavy atom. The van der Waals surface area contributed by atoms with E-state index in [1.807, 2.05) is 4.90 Å². The van der Waals surface area contributed by atoms with Crippen molar-refractivity contribution in [3.63, 3.8) is 0 Å². The van der Waals surface area contributed by atoms with E-state index in [0.717, 1.165) is 30.2 Å². The van der Waals surface area contributed by atoms with Crippen molar-refractivity contribution in [1.82, 2.24) is 4.31 Å². The summed E-state index contributed by atoms with van der Waals surface area (Å²) in [7, 11) is -2.57. The molecule has 1 N–H and O–H groups in total. The topological polar surface area (TPSA) is 69.7 Å². The number of carbonyl (C=O) groups is 1. The third kappa shape index (κ3) is 4.45. The standard InChI is InChI=1S/C19H21ClFN3O3S/c1-23(28(26,27)15-9-7-14(20)8-10-15)13-18(25)22-19-16(21)5-4-6-17(19)24-11-2-3-12-24/h4-10H,2-3,11-13H2,1H3,(H,22,25). The molecule has 0 radical (unpaired) electrons. The molecule has 0 unspecified atom stereocenters. The van der Waals surface area contributed by atoms with Crippen molar-refractivity contribution in [2.75, 3.05) is 36.9 Å². The lowest BCUT2D eigenvalue weighted by Crippen LogP contribution is -2.35. The molecule has 0 spiro atoms. The number of rotatable bonds is 6. The largest absolute Gasteiger partial charge is 0.370 e. The molecular weight excluding hydrogens is 405 g/mol. The summed E-state index contributed by atoms with van der Waals surface area (Å²) in [5.41, 5.74) is 0.681. The Morgan fingerprint density at radius 3 is 2.46 bits per heavy atom. The zero-order valence-electron chi connectivity index (χ0n) is 15.4. The van der Waals surface area contributed by atoms with Gasteiger partial charge in [-0.2, -0.15) is 4.31 Å². The van der Waals surface area contributed by atoms with Gasteiger partial charge in [0.1, 0.15) is 11.5 Å². The monoisotopic (exact) mass is 425 g/mol. The number of halogens is 2. The fraction of sp³-hybridized carbons (Fsp3) is 0.316. The zero-order chi connectivity index (χ0) is 20.3. The third-order valence-corrected chi connectivity index (χ3v) is 6.66. The van der Waals surface area contributed by atoms with Crippen LogP contribution in [0.15, 0.2) is 47.4 Å². The molecule has 1 aliphatic heterocycles. The first-order valence-electron chi connectivity index (χ1n) is 8.84. The molecule has 28 heavy (non-hydrogen) atoms. The Bertz CT molecular complexity index is 961. The van der Waals surface area contributed by atoms with Gasteiger partial charge >= 0.3 is 0 Å². The number of hydrogen-bond donors (Lipinski definition) is 1. The van der Waals surface area contributed by atoms with Crippen LogP contribution in [0.4, 0.5) is 15.8 Å². The molecule has 0 bridgehead atoms. The molecule has 6 nitrogen and oxygen atoms in total. The number of amides is 1. The average molecular weight is 426 g/mol. The van der Waals surface area contributed by atoms with Crippen LogP contribution in [0.5, 0.6) is 0 Å². The van der Waals surface area contributed by atoms with E-state index in [0.29, 0.717) is 10.7 Å². The van der Waals surface area contributed by atoms with Crippen molar-refractivity contribution in [2.24, 2.45) is 0 Å². The predicted octanol–water partition coefficient (Wildman–Crippen LogP) is 3.34. The molecule has 2 aromatic carbocycles. The second kappa shape index (κ2) is 8.46. The molecular formula is C19H21ClFN3O3S. The number of carbonyl (C=O) groups excluding carboxylic acids is 1. The molecule has 0 atom stereocenters. The van der Waals surface area contributed by atoms with Gasteiger partial charge in [-0.05, 0) is 49.2 Å². The lowest BCUT2D eigenvalue weighted by atomic mass is 10.2. The maximum atomic E-state index is 14.4. The van der Waals surface area contributed by atoms with E-state index in [1.165, 1.54) is 37.4 Å². The molecule has 1 heterocycles. The minimum absolute atomic E-state index is 0.0239. The summed E-state index contributed by atoms with van der Waals surface area (Å²) in [6.07, 6.45) is 2.01. The van der Waals surface area contributed by atoms with Crippen LogP contribution in [0.2, 0.25) is 5.02 Å². The van der Waals surface area contributed by atoms with Gasteiger partial charge in [-0.3, -0.25) is 4.79 Å². The summed E-state index contributed by atoms with van der Waals surface area (Å²) in [4.78, 5) is 14.5. The lowest BCUT2D eigenvalue weighted by molar-refractivity contribution is -0.116. The minimum Gasteiger partial charge on any atom is -0.370 e. The van der Waals surface area contributed by atoms with Crippen LogP contribution in [0.1, 0.15) is 12.8 Å². The van der Waals surface area contributed by atoms with Gasteiger partial charge in [-0.15, -0.1) is 0 Å². The quantitative estimate of drug-likeness (QED) is 0.770. The van der Waals surface area contributed by atoms with Crippen molar-refractivity contribution in [3.8, 4) is 0 Å². The SMILES string of the molecule is CN(CC(=O)Nc1c(F)cccc1N1CCCC1)S(=O)(=O)c1ccc(Cl)cc1. The molecule has 1 saturated heterocycles. The first kappa shape index (κ1) is 20.6. The molecule has 3 rings (SSSR count). The van der Waals surface area contributed by atoms with Gasteiger partial charge in [0.05, 0.1) is 17.1 Å². The number of nitrogens with zero attached hydrogens (tertiary/aromatic N) is 2. The Hall–Kier alpha value is -2.16. The van der Waals surface area contributed by atoms with E-state index in [9.17, 15) is 17.6 Å². The van der Waals surface area contributed by atoms with E-state index >= 15 is 0 Å². The molecule has 2 aromatic rings. The van der Waals surface area contributed by atoms with Gasteiger partial charge in [0, 0.05) is 25.2 Å². The summed E-state index contributed by atoms with van der Waals surface area (Å²) in [6.45, 7) is 1.13. The molecule has 1 fully saturated rings. The van der Waals surface area contributed by atoms with E-state index in [4.69, 9.17) is 11.6 Å². The highest BCUT2D eigenvalue weighted by Gasteiger charge is 2.25. The molecule has 0 aliphatic carbocycles. The Kier molecular flexibility index (Phi) is 6.22. The second-order valence-corrected chi connectivity index (χ2v) is 9.07. The van der Waals surface area contributed by atoms with Crippen molar-refractivity contribution in [2.45, 2.75) is 17.7 Å². The second-order valence-electron chi connectivity index (χ2n) is 6.59. The first-order valence-corrected chi connectivity index (χ1v) is 10.7. The summed E-state index contributed by atoms with van der Waals surface area (Å²) < 4.78 is 40.5. The van der Waals surface area contributed by atoms with Crippen LogP contribution >= 0.6 is 11.6 Å². The van der Waals surface area contributed by atoms with Crippen molar-refractivity contribution in [3.05, 3.63) is 53.3 Å². The van der Waals surface area contributed by atoms with Gasteiger partial charge in [-0.25, -0.2) is 12.8 Å². The van der Waals surface area contributed by atoms with E-state index in [1.54, 1.807) is 12.1 Å². The summed E-state index contributed by atoms with van der Waals surface area (Å²) in [6, 6.07) is 10.3. The van der Waals surface area contributed by atoms with Crippen LogP contribution < -0.4 is 10.2 Å². The number of para-hydroxylation sites is 1. The van der Waals surface area contributed by atoms with Crippen LogP contribution in [0.25, 0.3) is 0 Å². The van der Waals surface area contributed by atoms with Crippen LogP contribution in [-0.2, 0) is 14.8 Å². The third-order valence-electron chi connectivity index (χ3n) is 4.59. The van der Waals surface area contributed by atoms with Gasteiger partial charge in [-0.1, -0.05) is 17.7 Å². The van der Waals surface area contributed by atoms with Gasteiger partial charge in [0.2, 0.25) is 15.9 Å². The zero-order valence-corrected chi connectivity index (χ0v) is 16.9. The van der Waals surface area contributed by atoms with Crippen LogP contribution in [-0.4, -0.2) is 45.3 Å². The van der Waals surface area contributed by atoms with Gasteiger partial charge < -0.3 is 10.2 Å². The van der Waals surface area contributed by atoms with Crippen molar-refractivity contribution >= 4 is 38.9 Å². The number of nitrogens with one attached hydrogen (secondary N) is 1. The maximum absolute atomic E-state index is 14.4. The van der Waals surface area contributed by atoms with E-state index in [2.05, 4.69) is 5.32 Å². The highest BCUT2D eigenvalue weighted by Crippen LogP contribution is 2.31. The van der Waals surface area contributed by atoms with Gasteiger partial charge in [0.15, 0.2) is 0 Å². The van der Waals surface area contributed by atoms with Crippen molar-refractivity contribution in [1.29, 1.82) is 0 Å². The highest BCUT2D eigenvalue weighted by molar-refractivity contribution is 7.89. The van der Waals surface area contributed by atoms with Gasteiger partial charge in [0.25, 0.3) is 0 Å². The average Bonchev–Trinajstić information content (AvgIpc) is 3.18. The van der Waals surface area contributed by atoms with E-state index < -0.39 is 28.3 Å². The van der Waals surface area contributed by atoms with Crippen LogP contribution in [0.3, 0.4) is 0 Å². The molecule has 150 valence electrons. The Labute approximate surface area is 168 Å². The van der Waals surface area contributed by atoms with Crippen molar-refractivity contribution < 1.29 is 17.6 Å². The Morgan fingerprint density at radius 1 is 1.18 bits per heavy atom.